The van der Waals surface area contributed by atoms with E-state index < -0.39 is 0 Å². The van der Waals surface area contributed by atoms with E-state index >= 15 is 0 Å². The molecule has 1 N–H and O–H groups in total. The first kappa shape index (κ1) is 12.4. The molecule has 1 aromatic heterocycles. The van der Waals surface area contributed by atoms with Crippen molar-refractivity contribution in [1.29, 1.82) is 0 Å². The van der Waals surface area contributed by atoms with E-state index in [1.807, 2.05) is 19.2 Å². The second kappa shape index (κ2) is 3.98. The third-order valence-electron chi connectivity index (χ3n) is 3.41. The monoisotopic (exact) mass is 234 g/mol. The Morgan fingerprint density at radius 1 is 1.35 bits per heavy atom. The fourth-order valence-corrected chi connectivity index (χ4v) is 2.61. The summed E-state index contributed by atoms with van der Waals surface area (Å²) in [5.74, 6) is 0. The van der Waals surface area contributed by atoms with E-state index in [4.69, 9.17) is 4.74 Å². The van der Waals surface area contributed by atoms with Crippen LogP contribution in [0.25, 0.3) is 0 Å². The van der Waals surface area contributed by atoms with Gasteiger partial charge in [-0.25, -0.2) is 0 Å². The van der Waals surface area contributed by atoms with Crippen molar-refractivity contribution in [2.45, 2.75) is 58.3 Å². The maximum atomic E-state index is 6.08. The number of aryl methyl sites for hydroxylation is 1. The molecule has 1 aliphatic heterocycles. The summed E-state index contributed by atoms with van der Waals surface area (Å²) in [4.78, 5) is 4.30. The van der Waals surface area contributed by atoms with E-state index in [9.17, 15) is 0 Å². The molecule has 0 bridgehead atoms. The van der Waals surface area contributed by atoms with Gasteiger partial charge in [0, 0.05) is 6.20 Å². The highest BCUT2D eigenvalue weighted by atomic mass is 16.5. The third kappa shape index (κ3) is 2.60. The van der Waals surface area contributed by atoms with Gasteiger partial charge in [-0.3, -0.25) is 4.98 Å². The Balaban J connectivity index is 2.17. The number of hydrogen-bond donors (Lipinski definition) is 1. The number of ether oxygens (including phenoxy) is 1. The topological polar surface area (TPSA) is 34.2 Å². The summed E-state index contributed by atoms with van der Waals surface area (Å²) in [5.41, 5.74) is 1.93. The minimum Gasteiger partial charge on any atom is -0.378 e. The molecule has 1 unspecified atom stereocenters. The molecule has 0 spiro atoms. The number of hydrogen-bond acceptors (Lipinski definition) is 3. The maximum Gasteiger partial charge on any atom is 0.0834 e. The summed E-state index contributed by atoms with van der Waals surface area (Å²) in [6.45, 7) is 10.6. The molecule has 1 fully saturated rings. The lowest BCUT2D eigenvalue weighted by atomic mass is 9.94. The lowest BCUT2D eigenvalue weighted by Gasteiger charge is -2.28. The zero-order valence-electron chi connectivity index (χ0n) is 11.4. The van der Waals surface area contributed by atoms with Crippen LogP contribution in [0, 0.1) is 6.92 Å². The van der Waals surface area contributed by atoms with Crippen LogP contribution >= 0.6 is 0 Å². The molecule has 3 heteroatoms. The van der Waals surface area contributed by atoms with Crippen molar-refractivity contribution in [3.8, 4) is 0 Å². The fourth-order valence-electron chi connectivity index (χ4n) is 2.61. The van der Waals surface area contributed by atoms with Crippen LogP contribution in [0.5, 0.6) is 0 Å². The minimum absolute atomic E-state index is 0.0583. The maximum absolute atomic E-state index is 6.08. The van der Waals surface area contributed by atoms with Gasteiger partial charge in [0.2, 0.25) is 0 Å². The SMILES string of the molecule is Cc1ncccc1NC1CC(C)(C)OC1(C)C. The molecule has 1 aromatic rings. The Bertz CT molecular complexity index is 412. The molecule has 94 valence electrons. The molecular formula is C14H22N2O. The molecule has 1 aliphatic rings. The summed E-state index contributed by atoms with van der Waals surface area (Å²) in [6.07, 6.45) is 2.83. The van der Waals surface area contributed by atoms with Gasteiger partial charge in [0.1, 0.15) is 0 Å². The number of nitrogens with one attached hydrogen (secondary N) is 1. The minimum atomic E-state index is -0.147. The molecular weight excluding hydrogens is 212 g/mol. The lowest BCUT2D eigenvalue weighted by Crippen LogP contribution is -2.38. The summed E-state index contributed by atoms with van der Waals surface area (Å²) in [5, 5.41) is 3.57. The molecule has 0 aliphatic carbocycles. The van der Waals surface area contributed by atoms with Crippen LogP contribution in [0.2, 0.25) is 0 Å². The van der Waals surface area contributed by atoms with Crippen molar-refractivity contribution in [1.82, 2.24) is 4.98 Å². The highest BCUT2D eigenvalue weighted by Crippen LogP contribution is 2.38. The molecule has 0 aromatic carbocycles. The Kier molecular flexibility index (Phi) is 2.90. The summed E-state index contributed by atoms with van der Waals surface area (Å²) >= 11 is 0. The van der Waals surface area contributed by atoms with Crippen molar-refractivity contribution in [2.75, 3.05) is 5.32 Å². The zero-order chi connectivity index (χ0) is 12.7. The fraction of sp³-hybridized carbons (Fsp3) is 0.643. The average molecular weight is 234 g/mol. The zero-order valence-corrected chi connectivity index (χ0v) is 11.4. The summed E-state index contributed by atoms with van der Waals surface area (Å²) in [6, 6.07) is 4.35. The lowest BCUT2D eigenvalue weighted by molar-refractivity contribution is -0.0662. The Hall–Kier alpha value is -1.09. The molecule has 3 nitrogen and oxygen atoms in total. The van der Waals surface area contributed by atoms with Crippen molar-refractivity contribution >= 4 is 5.69 Å². The van der Waals surface area contributed by atoms with Gasteiger partial charge >= 0.3 is 0 Å². The van der Waals surface area contributed by atoms with E-state index in [1.165, 1.54) is 0 Å². The number of pyridine rings is 1. The van der Waals surface area contributed by atoms with Crippen molar-refractivity contribution < 1.29 is 4.74 Å². The molecule has 0 saturated carbocycles. The van der Waals surface area contributed by atoms with Crippen LogP contribution in [0.15, 0.2) is 18.3 Å². The standard InChI is InChI=1S/C14H22N2O/c1-10-11(7-6-8-15-10)16-12-9-13(2,3)17-14(12,4)5/h6-8,12,16H,9H2,1-5H3. The molecule has 1 atom stereocenters. The van der Waals surface area contributed by atoms with E-state index in [1.54, 1.807) is 0 Å². The van der Waals surface area contributed by atoms with Gasteiger partial charge in [-0.2, -0.15) is 0 Å². The molecule has 0 amide bonds. The molecule has 0 radical (unpaired) electrons. The second-order valence-electron chi connectivity index (χ2n) is 6.00. The van der Waals surface area contributed by atoms with Crippen LogP contribution in [0.3, 0.4) is 0 Å². The van der Waals surface area contributed by atoms with Gasteiger partial charge in [-0.1, -0.05) is 0 Å². The van der Waals surface area contributed by atoms with E-state index in [-0.39, 0.29) is 11.2 Å². The molecule has 17 heavy (non-hydrogen) atoms. The van der Waals surface area contributed by atoms with Crippen LogP contribution in [-0.2, 0) is 4.74 Å². The number of rotatable bonds is 2. The third-order valence-corrected chi connectivity index (χ3v) is 3.41. The van der Waals surface area contributed by atoms with Crippen LogP contribution in [0.1, 0.15) is 39.8 Å². The van der Waals surface area contributed by atoms with Gasteiger partial charge in [-0.15, -0.1) is 0 Å². The normalized spacial score (nSPS) is 25.8. The van der Waals surface area contributed by atoms with Gasteiger partial charge in [0.25, 0.3) is 0 Å². The predicted molar refractivity (Wildman–Crippen MR) is 70.2 cm³/mol. The van der Waals surface area contributed by atoms with Gasteiger partial charge < -0.3 is 10.1 Å². The summed E-state index contributed by atoms with van der Waals surface area (Å²) < 4.78 is 6.08. The number of nitrogens with zero attached hydrogens (tertiary/aromatic N) is 1. The quantitative estimate of drug-likeness (QED) is 0.853. The predicted octanol–water partition coefficient (Wildman–Crippen LogP) is 3.15. The Morgan fingerprint density at radius 2 is 2.06 bits per heavy atom. The Morgan fingerprint density at radius 3 is 2.59 bits per heavy atom. The first-order valence-electron chi connectivity index (χ1n) is 6.18. The van der Waals surface area contributed by atoms with Crippen LogP contribution in [-0.4, -0.2) is 22.2 Å². The Labute approximate surface area is 104 Å². The van der Waals surface area contributed by atoms with Gasteiger partial charge in [0.15, 0.2) is 0 Å². The van der Waals surface area contributed by atoms with Gasteiger partial charge in [0.05, 0.1) is 28.6 Å². The highest BCUT2D eigenvalue weighted by Gasteiger charge is 2.45. The van der Waals surface area contributed by atoms with E-state index in [0.717, 1.165) is 17.8 Å². The van der Waals surface area contributed by atoms with Crippen molar-refractivity contribution in [3.05, 3.63) is 24.0 Å². The van der Waals surface area contributed by atoms with E-state index in [2.05, 4.69) is 44.1 Å². The van der Waals surface area contributed by atoms with Crippen molar-refractivity contribution in [3.63, 3.8) is 0 Å². The summed E-state index contributed by atoms with van der Waals surface area (Å²) in [7, 11) is 0. The van der Waals surface area contributed by atoms with Gasteiger partial charge in [-0.05, 0) is 53.2 Å². The number of aromatic nitrogens is 1. The van der Waals surface area contributed by atoms with Crippen LogP contribution < -0.4 is 5.32 Å². The molecule has 2 rings (SSSR count). The average Bonchev–Trinajstić information content (AvgIpc) is 2.38. The molecule has 2 heterocycles. The second-order valence-corrected chi connectivity index (χ2v) is 6.00. The largest absolute Gasteiger partial charge is 0.378 e. The van der Waals surface area contributed by atoms with E-state index in [0.29, 0.717) is 6.04 Å². The highest BCUT2D eigenvalue weighted by molar-refractivity contribution is 5.48. The first-order chi connectivity index (χ1) is 7.80. The smallest absolute Gasteiger partial charge is 0.0834 e. The van der Waals surface area contributed by atoms with Crippen molar-refractivity contribution in [2.24, 2.45) is 0 Å². The molecule has 1 saturated heterocycles. The van der Waals surface area contributed by atoms with Crippen LogP contribution in [0.4, 0.5) is 5.69 Å². The first-order valence-corrected chi connectivity index (χ1v) is 6.18. The number of anilines is 1.